The molecule has 0 unspecified atom stereocenters. The van der Waals surface area contributed by atoms with E-state index in [1.54, 1.807) is 12.4 Å². The van der Waals surface area contributed by atoms with Gasteiger partial charge in [-0.2, -0.15) is 0 Å². The lowest BCUT2D eigenvalue weighted by Crippen LogP contribution is -2.12. The van der Waals surface area contributed by atoms with Gasteiger partial charge in [0.2, 0.25) is 0 Å². The monoisotopic (exact) mass is 362 g/mol. The van der Waals surface area contributed by atoms with Crippen LogP contribution in [0.5, 0.6) is 0 Å². The van der Waals surface area contributed by atoms with Gasteiger partial charge in [-0.1, -0.05) is 6.07 Å². The van der Waals surface area contributed by atoms with Crippen LogP contribution in [0.25, 0.3) is 22.2 Å². The molecule has 3 heterocycles. The standard InChI is InChI=1S/C20H18N4OS/c1-13(2)24-11-8-15-16(4-3-5-18(15)24)19(25)23-20-22-17(12-26-20)14-6-9-21-10-7-14/h3-13H,1-2H3,(H,22,23,25). The SMILES string of the molecule is CC(C)n1ccc2c(C(=O)Nc3nc(-c4ccncc4)cs3)cccc21. The first-order valence-electron chi connectivity index (χ1n) is 8.40. The lowest BCUT2D eigenvalue weighted by atomic mass is 10.1. The van der Waals surface area contributed by atoms with Crippen LogP contribution in [0.1, 0.15) is 30.2 Å². The Bertz CT molecular complexity index is 1070. The van der Waals surface area contributed by atoms with Crippen molar-refractivity contribution >= 4 is 33.3 Å². The van der Waals surface area contributed by atoms with E-state index in [1.807, 2.05) is 48.0 Å². The van der Waals surface area contributed by atoms with E-state index in [2.05, 4.69) is 33.7 Å². The van der Waals surface area contributed by atoms with E-state index in [0.717, 1.165) is 22.2 Å². The number of hydrogen-bond donors (Lipinski definition) is 1. The number of amides is 1. The van der Waals surface area contributed by atoms with Crippen LogP contribution in [-0.4, -0.2) is 20.4 Å². The van der Waals surface area contributed by atoms with Crippen molar-refractivity contribution in [2.75, 3.05) is 5.32 Å². The molecule has 3 aromatic heterocycles. The molecule has 0 saturated carbocycles. The van der Waals surface area contributed by atoms with Crippen molar-refractivity contribution in [1.82, 2.24) is 14.5 Å². The van der Waals surface area contributed by atoms with Crippen LogP contribution in [0.15, 0.2) is 60.4 Å². The summed E-state index contributed by atoms with van der Waals surface area (Å²) in [5, 5.41) is 6.39. The van der Waals surface area contributed by atoms with Crippen molar-refractivity contribution in [3.63, 3.8) is 0 Å². The van der Waals surface area contributed by atoms with Crippen LogP contribution in [0.2, 0.25) is 0 Å². The highest BCUT2D eigenvalue weighted by atomic mass is 32.1. The summed E-state index contributed by atoms with van der Waals surface area (Å²) >= 11 is 1.41. The molecular weight excluding hydrogens is 344 g/mol. The maximum Gasteiger partial charge on any atom is 0.258 e. The van der Waals surface area contributed by atoms with Gasteiger partial charge in [0.1, 0.15) is 0 Å². The number of rotatable bonds is 4. The third kappa shape index (κ3) is 2.99. The number of thiazole rings is 1. The maximum absolute atomic E-state index is 12.8. The molecule has 0 atom stereocenters. The van der Waals surface area contributed by atoms with E-state index in [9.17, 15) is 4.79 Å². The Kier molecular flexibility index (Phi) is 4.26. The fourth-order valence-corrected chi connectivity index (χ4v) is 3.70. The number of fused-ring (bicyclic) bond motifs is 1. The molecular formula is C20H18N4OS. The molecule has 4 rings (SSSR count). The van der Waals surface area contributed by atoms with E-state index < -0.39 is 0 Å². The van der Waals surface area contributed by atoms with E-state index in [-0.39, 0.29) is 5.91 Å². The van der Waals surface area contributed by atoms with Crippen molar-refractivity contribution in [3.8, 4) is 11.3 Å². The molecule has 0 aliphatic heterocycles. The Morgan fingerprint density at radius 3 is 2.73 bits per heavy atom. The number of benzene rings is 1. The predicted octanol–water partition coefficient (Wildman–Crippen LogP) is 4.99. The number of hydrogen-bond acceptors (Lipinski definition) is 4. The molecule has 0 aliphatic rings. The van der Waals surface area contributed by atoms with Crippen LogP contribution in [0.3, 0.4) is 0 Å². The summed E-state index contributed by atoms with van der Waals surface area (Å²) in [5.41, 5.74) is 3.52. The highest BCUT2D eigenvalue weighted by molar-refractivity contribution is 7.14. The second kappa shape index (κ2) is 6.72. The number of nitrogens with one attached hydrogen (secondary N) is 1. The quantitative estimate of drug-likeness (QED) is 0.556. The van der Waals surface area contributed by atoms with Gasteiger partial charge in [-0.3, -0.25) is 15.1 Å². The van der Waals surface area contributed by atoms with Gasteiger partial charge in [0.25, 0.3) is 5.91 Å². The zero-order chi connectivity index (χ0) is 18.1. The second-order valence-electron chi connectivity index (χ2n) is 6.28. The summed E-state index contributed by atoms with van der Waals surface area (Å²) in [6.07, 6.45) is 5.48. The number of carbonyl (C=O) groups excluding carboxylic acids is 1. The summed E-state index contributed by atoms with van der Waals surface area (Å²) in [6, 6.07) is 11.9. The van der Waals surface area contributed by atoms with Crippen molar-refractivity contribution in [2.24, 2.45) is 0 Å². The van der Waals surface area contributed by atoms with Gasteiger partial charge in [0.05, 0.1) is 5.69 Å². The van der Waals surface area contributed by atoms with E-state index in [0.29, 0.717) is 16.7 Å². The number of nitrogens with zero attached hydrogens (tertiary/aromatic N) is 3. The zero-order valence-corrected chi connectivity index (χ0v) is 15.3. The van der Waals surface area contributed by atoms with Gasteiger partial charge in [0, 0.05) is 52.0 Å². The van der Waals surface area contributed by atoms with Gasteiger partial charge in [0.15, 0.2) is 5.13 Å². The molecule has 130 valence electrons. The Morgan fingerprint density at radius 2 is 1.96 bits per heavy atom. The van der Waals surface area contributed by atoms with Gasteiger partial charge < -0.3 is 4.57 Å². The smallest absolute Gasteiger partial charge is 0.258 e. The number of anilines is 1. The van der Waals surface area contributed by atoms with Crippen molar-refractivity contribution in [2.45, 2.75) is 19.9 Å². The first-order valence-corrected chi connectivity index (χ1v) is 9.28. The Balaban J connectivity index is 1.61. The Hall–Kier alpha value is -2.99. The highest BCUT2D eigenvalue weighted by Gasteiger charge is 2.15. The molecule has 0 radical (unpaired) electrons. The topological polar surface area (TPSA) is 59.8 Å². The molecule has 0 bridgehead atoms. The molecule has 1 N–H and O–H groups in total. The maximum atomic E-state index is 12.8. The van der Waals surface area contributed by atoms with E-state index in [4.69, 9.17) is 0 Å². The van der Waals surface area contributed by atoms with Gasteiger partial charge in [-0.05, 0) is 44.2 Å². The van der Waals surface area contributed by atoms with Gasteiger partial charge in [-0.15, -0.1) is 11.3 Å². The summed E-state index contributed by atoms with van der Waals surface area (Å²) < 4.78 is 2.16. The third-order valence-electron chi connectivity index (χ3n) is 4.26. The van der Waals surface area contributed by atoms with Crippen LogP contribution >= 0.6 is 11.3 Å². The van der Waals surface area contributed by atoms with E-state index >= 15 is 0 Å². The lowest BCUT2D eigenvalue weighted by molar-refractivity contribution is 0.102. The van der Waals surface area contributed by atoms with Crippen LogP contribution < -0.4 is 5.32 Å². The molecule has 0 spiro atoms. The fourth-order valence-electron chi connectivity index (χ4n) is 2.99. The predicted molar refractivity (Wildman–Crippen MR) is 106 cm³/mol. The van der Waals surface area contributed by atoms with Crippen LogP contribution in [0.4, 0.5) is 5.13 Å². The molecule has 4 aromatic rings. The summed E-state index contributed by atoms with van der Waals surface area (Å²) in [4.78, 5) is 21.3. The lowest BCUT2D eigenvalue weighted by Gasteiger charge is -2.10. The first kappa shape index (κ1) is 16.5. The molecule has 6 heteroatoms. The van der Waals surface area contributed by atoms with E-state index in [1.165, 1.54) is 11.3 Å². The normalized spacial score (nSPS) is 11.2. The number of carbonyl (C=O) groups is 1. The minimum Gasteiger partial charge on any atom is -0.345 e. The summed E-state index contributed by atoms with van der Waals surface area (Å²) in [6.45, 7) is 4.25. The Morgan fingerprint density at radius 1 is 1.15 bits per heavy atom. The summed E-state index contributed by atoms with van der Waals surface area (Å²) in [5.74, 6) is -0.146. The van der Waals surface area contributed by atoms with Crippen LogP contribution in [0, 0.1) is 0 Å². The third-order valence-corrected chi connectivity index (χ3v) is 5.02. The first-order chi connectivity index (χ1) is 12.6. The zero-order valence-electron chi connectivity index (χ0n) is 14.5. The average molecular weight is 362 g/mol. The van der Waals surface area contributed by atoms with Crippen LogP contribution in [-0.2, 0) is 0 Å². The Labute approximate surface area is 155 Å². The van der Waals surface area contributed by atoms with Gasteiger partial charge >= 0.3 is 0 Å². The molecule has 1 aromatic carbocycles. The number of pyridine rings is 1. The minimum atomic E-state index is -0.146. The fraction of sp³-hybridized carbons (Fsp3) is 0.150. The van der Waals surface area contributed by atoms with Crippen molar-refractivity contribution in [3.05, 3.63) is 65.9 Å². The average Bonchev–Trinajstić information content (AvgIpc) is 3.29. The van der Waals surface area contributed by atoms with Crippen molar-refractivity contribution in [1.29, 1.82) is 0 Å². The number of aromatic nitrogens is 3. The second-order valence-corrected chi connectivity index (χ2v) is 7.14. The largest absolute Gasteiger partial charge is 0.345 e. The molecule has 0 saturated heterocycles. The molecule has 1 amide bonds. The molecule has 5 nitrogen and oxygen atoms in total. The highest BCUT2D eigenvalue weighted by Crippen LogP contribution is 2.27. The van der Waals surface area contributed by atoms with Crippen molar-refractivity contribution < 1.29 is 4.79 Å². The molecule has 26 heavy (non-hydrogen) atoms. The molecule has 0 fully saturated rings. The molecule has 0 aliphatic carbocycles. The summed E-state index contributed by atoms with van der Waals surface area (Å²) in [7, 11) is 0. The minimum absolute atomic E-state index is 0.146. The van der Waals surface area contributed by atoms with Gasteiger partial charge in [-0.25, -0.2) is 4.98 Å².